The molecule has 1 heterocycles. The molecule has 2 aromatic carbocycles. The first-order chi connectivity index (χ1) is 12.3. The average molecular weight is 357 g/mol. The predicted molar refractivity (Wildman–Crippen MR) is 101 cm³/mol. The Balaban J connectivity index is 2.15. The highest BCUT2D eigenvalue weighted by atomic mass is 19.4. The van der Waals surface area contributed by atoms with Crippen molar-refractivity contribution in [3.8, 4) is 0 Å². The van der Waals surface area contributed by atoms with Crippen LogP contribution in [-0.2, 0) is 6.18 Å². The summed E-state index contributed by atoms with van der Waals surface area (Å²) in [4.78, 5) is 10.5. The second-order valence-electron chi connectivity index (χ2n) is 6.01. The van der Waals surface area contributed by atoms with Crippen LogP contribution in [0.1, 0.15) is 23.6 Å². The third-order valence-electron chi connectivity index (χ3n) is 4.30. The summed E-state index contributed by atoms with van der Waals surface area (Å²) in [5, 5.41) is 0. The summed E-state index contributed by atoms with van der Waals surface area (Å²) < 4.78 is 38.6. The maximum absolute atomic E-state index is 12.9. The van der Waals surface area contributed by atoms with E-state index < -0.39 is 11.7 Å². The van der Waals surface area contributed by atoms with E-state index in [0.29, 0.717) is 17.2 Å². The fourth-order valence-corrected chi connectivity index (χ4v) is 3.01. The van der Waals surface area contributed by atoms with Gasteiger partial charge in [-0.05, 0) is 48.9 Å². The molecular weight excluding hydrogens is 339 g/mol. The number of alkyl halides is 3. The Bertz CT molecular complexity index is 922. The number of anilines is 2. The molecule has 3 rings (SSSR count). The summed E-state index contributed by atoms with van der Waals surface area (Å²) >= 11 is 0. The molecule has 1 aliphatic heterocycles. The van der Waals surface area contributed by atoms with Crippen molar-refractivity contribution in [1.82, 2.24) is 0 Å². The Morgan fingerprint density at radius 2 is 1.65 bits per heavy atom. The first-order valence-corrected chi connectivity index (χ1v) is 7.99. The smallest absolute Gasteiger partial charge is 0.293 e. The molecular formula is C20H18F3N3. The van der Waals surface area contributed by atoms with Gasteiger partial charge in [0, 0.05) is 25.3 Å². The molecule has 1 aliphatic rings. The Kier molecular flexibility index (Phi) is 4.44. The lowest BCUT2D eigenvalue weighted by Crippen LogP contribution is -2.26. The number of hydrogen-bond acceptors (Lipinski definition) is 2. The lowest BCUT2D eigenvalue weighted by molar-refractivity contribution is -0.137. The summed E-state index contributed by atoms with van der Waals surface area (Å²) in [6.07, 6.45) is -4.37. The van der Waals surface area contributed by atoms with Gasteiger partial charge in [0.25, 0.3) is 0 Å². The zero-order valence-electron chi connectivity index (χ0n) is 14.7. The number of halogens is 3. The fraction of sp³-hybridized carbons (Fsp3) is 0.200. The van der Waals surface area contributed by atoms with Crippen molar-refractivity contribution in [3.05, 3.63) is 65.7 Å². The highest BCUT2D eigenvalue weighted by molar-refractivity contribution is 6.57. The van der Waals surface area contributed by atoms with Gasteiger partial charge in [0.2, 0.25) is 0 Å². The molecule has 3 nitrogen and oxygen atoms in total. The largest absolute Gasteiger partial charge is 0.416 e. The zero-order valence-corrected chi connectivity index (χ0v) is 14.7. The Morgan fingerprint density at radius 1 is 1.00 bits per heavy atom. The molecule has 0 aromatic heterocycles. The van der Waals surface area contributed by atoms with E-state index in [0.717, 1.165) is 34.5 Å². The van der Waals surface area contributed by atoms with Crippen LogP contribution in [0.3, 0.4) is 0 Å². The fourth-order valence-electron chi connectivity index (χ4n) is 3.01. The normalized spacial score (nSPS) is 17.1. The average Bonchev–Trinajstić information content (AvgIpc) is 2.93. The quantitative estimate of drug-likeness (QED) is 0.713. The third-order valence-corrected chi connectivity index (χ3v) is 4.30. The number of aliphatic imine (C=N–C) groups is 2. The number of rotatable bonds is 2. The van der Waals surface area contributed by atoms with Crippen LogP contribution in [0, 0.1) is 0 Å². The van der Waals surface area contributed by atoms with Gasteiger partial charge in [-0.25, -0.2) is 0 Å². The van der Waals surface area contributed by atoms with Crippen molar-refractivity contribution in [2.75, 3.05) is 19.0 Å². The summed E-state index contributed by atoms with van der Waals surface area (Å²) in [5.74, 6) is 0.598. The van der Waals surface area contributed by atoms with Crippen LogP contribution in [0.4, 0.5) is 24.5 Å². The van der Waals surface area contributed by atoms with Crippen LogP contribution in [-0.4, -0.2) is 25.6 Å². The SMILES string of the molecule is C=C(C)c1ccc2c(c1)C(=NC)C(=NC)N2c1ccc(C(F)(F)F)cc1. The summed E-state index contributed by atoms with van der Waals surface area (Å²) in [6, 6.07) is 10.9. The summed E-state index contributed by atoms with van der Waals surface area (Å²) in [5.41, 5.74) is 4.23. The van der Waals surface area contributed by atoms with E-state index in [4.69, 9.17) is 0 Å². The highest BCUT2D eigenvalue weighted by Gasteiger charge is 2.34. The van der Waals surface area contributed by atoms with Gasteiger partial charge in [0.15, 0.2) is 5.84 Å². The maximum atomic E-state index is 12.9. The van der Waals surface area contributed by atoms with Crippen LogP contribution in [0.15, 0.2) is 59.0 Å². The van der Waals surface area contributed by atoms with E-state index in [9.17, 15) is 13.2 Å². The van der Waals surface area contributed by atoms with Gasteiger partial charge in [0.1, 0.15) is 5.71 Å². The van der Waals surface area contributed by atoms with Gasteiger partial charge < -0.3 is 0 Å². The molecule has 0 saturated heterocycles. The van der Waals surface area contributed by atoms with Gasteiger partial charge >= 0.3 is 6.18 Å². The van der Waals surface area contributed by atoms with Crippen LogP contribution >= 0.6 is 0 Å². The van der Waals surface area contributed by atoms with Gasteiger partial charge in [-0.3, -0.25) is 14.9 Å². The van der Waals surface area contributed by atoms with Crippen molar-refractivity contribution in [2.24, 2.45) is 9.98 Å². The van der Waals surface area contributed by atoms with E-state index in [1.54, 1.807) is 14.1 Å². The molecule has 0 radical (unpaired) electrons. The van der Waals surface area contributed by atoms with E-state index in [1.807, 2.05) is 30.0 Å². The van der Waals surface area contributed by atoms with E-state index >= 15 is 0 Å². The standard InChI is InChI=1S/C20H18F3N3/c1-12(2)13-5-10-17-16(11-13)18(24-3)19(25-4)26(17)15-8-6-14(7-9-15)20(21,22)23/h5-11H,1H2,2-4H3. The van der Waals surface area contributed by atoms with Crippen molar-refractivity contribution in [3.63, 3.8) is 0 Å². The van der Waals surface area contributed by atoms with Crippen LogP contribution < -0.4 is 4.90 Å². The number of allylic oxidation sites excluding steroid dienone is 1. The second-order valence-corrected chi connectivity index (χ2v) is 6.01. The Morgan fingerprint density at radius 3 is 2.15 bits per heavy atom. The van der Waals surface area contributed by atoms with E-state index in [1.165, 1.54) is 12.1 Å². The van der Waals surface area contributed by atoms with Crippen LogP contribution in [0.25, 0.3) is 5.57 Å². The number of amidine groups is 1. The monoisotopic (exact) mass is 357 g/mol. The molecule has 26 heavy (non-hydrogen) atoms. The molecule has 0 unspecified atom stereocenters. The molecule has 0 amide bonds. The molecule has 0 spiro atoms. The van der Waals surface area contributed by atoms with Gasteiger partial charge in [-0.15, -0.1) is 0 Å². The van der Waals surface area contributed by atoms with Crippen LogP contribution in [0.2, 0.25) is 0 Å². The second kappa shape index (κ2) is 6.44. The minimum absolute atomic E-state index is 0.598. The number of fused-ring (bicyclic) bond motifs is 1. The van der Waals surface area contributed by atoms with Crippen molar-refractivity contribution in [2.45, 2.75) is 13.1 Å². The number of hydrogen-bond donors (Lipinski definition) is 0. The third kappa shape index (κ3) is 2.92. The molecule has 6 heteroatoms. The number of nitrogens with zero attached hydrogens (tertiary/aromatic N) is 3. The lowest BCUT2D eigenvalue weighted by Gasteiger charge is -2.20. The predicted octanol–water partition coefficient (Wildman–Crippen LogP) is 5.34. The van der Waals surface area contributed by atoms with Crippen molar-refractivity contribution < 1.29 is 13.2 Å². The minimum atomic E-state index is -4.37. The topological polar surface area (TPSA) is 28.0 Å². The van der Waals surface area contributed by atoms with E-state index in [-0.39, 0.29) is 0 Å². The Hall–Kier alpha value is -2.89. The van der Waals surface area contributed by atoms with Crippen LogP contribution in [0.5, 0.6) is 0 Å². The summed E-state index contributed by atoms with van der Waals surface area (Å²) in [7, 11) is 3.32. The van der Waals surface area contributed by atoms with Gasteiger partial charge in [-0.2, -0.15) is 13.2 Å². The first kappa shape index (κ1) is 17.9. The van der Waals surface area contributed by atoms with Gasteiger partial charge in [-0.1, -0.05) is 18.2 Å². The zero-order chi connectivity index (χ0) is 19.1. The minimum Gasteiger partial charge on any atom is -0.293 e. The Labute approximate surface area is 150 Å². The molecule has 0 aliphatic carbocycles. The maximum Gasteiger partial charge on any atom is 0.416 e. The molecule has 134 valence electrons. The molecule has 0 saturated carbocycles. The van der Waals surface area contributed by atoms with Crippen molar-refractivity contribution >= 4 is 28.5 Å². The highest BCUT2D eigenvalue weighted by Crippen LogP contribution is 2.39. The van der Waals surface area contributed by atoms with Gasteiger partial charge in [0.05, 0.1) is 11.3 Å². The molecule has 2 aromatic rings. The molecule has 0 bridgehead atoms. The van der Waals surface area contributed by atoms with E-state index in [2.05, 4.69) is 16.6 Å². The molecule has 0 fully saturated rings. The summed E-state index contributed by atoms with van der Waals surface area (Å²) in [6.45, 7) is 5.88. The lowest BCUT2D eigenvalue weighted by atomic mass is 10.0. The molecule has 0 N–H and O–H groups in total. The number of benzene rings is 2. The first-order valence-electron chi connectivity index (χ1n) is 7.99. The molecule has 0 atom stereocenters. The van der Waals surface area contributed by atoms with Crippen molar-refractivity contribution in [1.29, 1.82) is 0 Å².